The quantitative estimate of drug-likeness (QED) is 0.705. The number of nitrogens with one attached hydrogen (secondary N) is 1. The molecule has 1 heterocycles. The number of benzene rings is 1. The van der Waals surface area contributed by atoms with Crippen molar-refractivity contribution in [3.05, 3.63) is 30.3 Å². The molecule has 1 aliphatic heterocycles. The smallest absolute Gasteiger partial charge is 0.224 e. The highest BCUT2D eigenvalue weighted by Gasteiger charge is 2.30. The van der Waals surface area contributed by atoms with Crippen molar-refractivity contribution in [2.75, 3.05) is 38.7 Å². The Labute approximate surface area is 152 Å². The summed E-state index contributed by atoms with van der Waals surface area (Å²) in [6.07, 6.45) is -0.170. The molecule has 2 rings (SSSR count). The Bertz CT molecular complexity index is 711. The number of nitrogens with zero attached hydrogens (tertiary/aromatic N) is 1. The molecule has 0 bridgehead atoms. The highest BCUT2D eigenvalue weighted by molar-refractivity contribution is 7.91. The molecule has 1 atom stereocenters. The minimum Gasteiger partial charge on any atom is -0.377 e. The Morgan fingerprint density at radius 3 is 2.69 bits per heavy atom. The molecule has 0 aromatic heterocycles. The number of hydrogen-bond donors (Lipinski definition) is 1. The largest absolute Gasteiger partial charge is 0.377 e. The van der Waals surface area contributed by atoms with Crippen LogP contribution in [0.1, 0.15) is 12.8 Å². The predicted molar refractivity (Wildman–Crippen MR) is 93.0 cm³/mol. The van der Waals surface area contributed by atoms with Gasteiger partial charge in [0, 0.05) is 25.9 Å². The monoisotopic (exact) mass is 386 g/mol. The molecule has 1 unspecified atom stereocenters. The number of ether oxygens (including phenoxy) is 1. The van der Waals surface area contributed by atoms with Crippen molar-refractivity contribution in [3.63, 3.8) is 0 Å². The van der Waals surface area contributed by atoms with Crippen molar-refractivity contribution < 1.29 is 27.1 Å². The lowest BCUT2D eigenvalue weighted by molar-refractivity contribution is -0.141. The molecule has 1 saturated heterocycles. The molecule has 0 aliphatic carbocycles. The fraction of sp³-hybridized carbons (Fsp3) is 0.529. The second-order valence-corrected chi connectivity index (χ2v) is 8.05. The number of carbonyl (C=O) groups excluding carboxylic acids is 2. The normalized spacial score (nSPS) is 17.7. The van der Waals surface area contributed by atoms with E-state index < -0.39 is 22.6 Å². The van der Waals surface area contributed by atoms with Gasteiger partial charge in [-0.1, -0.05) is 18.2 Å². The number of morpholine rings is 1. The van der Waals surface area contributed by atoms with E-state index in [1.165, 1.54) is 17.0 Å². The third-order valence-corrected chi connectivity index (χ3v) is 5.80. The second-order valence-electron chi connectivity index (χ2n) is 5.94. The first-order chi connectivity index (χ1) is 12.4. The summed E-state index contributed by atoms with van der Waals surface area (Å²) < 4.78 is 42.0. The van der Waals surface area contributed by atoms with Gasteiger partial charge in [-0.25, -0.2) is 12.8 Å². The molecule has 1 fully saturated rings. The van der Waals surface area contributed by atoms with Gasteiger partial charge in [-0.3, -0.25) is 9.59 Å². The van der Waals surface area contributed by atoms with E-state index in [-0.39, 0.29) is 48.5 Å². The maximum absolute atomic E-state index is 12.5. The van der Waals surface area contributed by atoms with E-state index >= 15 is 0 Å². The van der Waals surface area contributed by atoms with Crippen molar-refractivity contribution >= 4 is 21.7 Å². The summed E-state index contributed by atoms with van der Waals surface area (Å²) in [7, 11) is -3.55. The third-order valence-electron chi connectivity index (χ3n) is 4.07. The number of sulfone groups is 1. The van der Waals surface area contributed by atoms with Crippen LogP contribution in [0.5, 0.6) is 0 Å². The number of carbonyl (C=O) groups is 2. The van der Waals surface area contributed by atoms with Gasteiger partial charge in [0.2, 0.25) is 11.8 Å². The van der Waals surface area contributed by atoms with Crippen LogP contribution in [0.4, 0.5) is 4.39 Å². The summed E-state index contributed by atoms with van der Waals surface area (Å²) in [4.78, 5) is 25.9. The van der Waals surface area contributed by atoms with E-state index in [1.54, 1.807) is 18.2 Å². The standard InChI is InChI=1S/C17H23FN2O5S/c18-7-8-19-16(21)12-14-13-25-10-9-20(14)17(22)6-11-26(23,24)15-4-2-1-3-5-15/h1-5,14H,6-13H2,(H,19,21). The van der Waals surface area contributed by atoms with Crippen LogP contribution >= 0.6 is 0 Å². The van der Waals surface area contributed by atoms with Gasteiger partial charge < -0.3 is 15.0 Å². The molecule has 1 aliphatic rings. The Kier molecular flexibility index (Phi) is 7.52. The minimum absolute atomic E-state index is 0.00280. The number of hydrogen-bond acceptors (Lipinski definition) is 5. The SMILES string of the molecule is O=C(CC1COCCN1C(=O)CCS(=O)(=O)c1ccccc1)NCCF. The van der Waals surface area contributed by atoms with Crippen molar-refractivity contribution in [2.45, 2.75) is 23.8 Å². The lowest BCUT2D eigenvalue weighted by atomic mass is 10.1. The van der Waals surface area contributed by atoms with Gasteiger partial charge in [0.25, 0.3) is 0 Å². The van der Waals surface area contributed by atoms with Gasteiger partial charge in [0.15, 0.2) is 9.84 Å². The Hall–Kier alpha value is -2.00. The van der Waals surface area contributed by atoms with E-state index in [0.717, 1.165) is 0 Å². The fourth-order valence-electron chi connectivity index (χ4n) is 2.74. The highest BCUT2D eigenvalue weighted by atomic mass is 32.2. The average molecular weight is 386 g/mol. The van der Waals surface area contributed by atoms with E-state index in [2.05, 4.69) is 5.32 Å². The molecule has 9 heteroatoms. The molecular formula is C17H23FN2O5S. The van der Waals surface area contributed by atoms with E-state index in [9.17, 15) is 22.4 Å². The molecule has 1 N–H and O–H groups in total. The first-order valence-electron chi connectivity index (χ1n) is 8.41. The predicted octanol–water partition coefficient (Wildman–Crippen LogP) is 0.554. The molecule has 7 nitrogen and oxygen atoms in total. The highest BCUT2D eigenvalue weighted by Crippen LogP contribution is 2.15. The van der Waals surface area contributed by atoms with Crippen LogP contribution in [0.25, 0.3) is 0 Å². The van der Waals surface area contributed by atoms with Crippen LogP contribution in [-0.4, -0.2) is 69.9 Å². The zero-order valence-corrected chi connectivity index (χ0v) is 15.2. The van der Waals surface area contributed by atoms with Gasteiger partial charge in [-0.15, -0.1) is 0 Å². The molecule has 0 radical (unpaired) electrons. The van der Waals surface area contributed by atoms with Crippen molar-refractivity contribution in [1.29, 1.82) is 0 Å². The van der Waals surface area contributed by atoms with Crippen LogP contribution in [0, 0.1) is 0 Å². The molecule has 26 heavy (non-hydrogen) atoms. The number of halogens is 1. The number of rotatable bonds is 8. The Morgan fingerprint density at radius 1 is 1.27 bits per heavy atom. The van der Waals surface area contributed by atoms with Crippen molar-refractivity contribution in [3.8, 4) is 0 Å². The maximum Gasteiger partial charge on any atom is 0.224 e. The van der Waals surface area contributed by atoms with Gasteiger partial charge in [0.05, 0.1) is 29.9 Å². The van der Waals surface area contributed by atoms with Crippen molar-refractivity contribution in [1.82, 2.24) is 10.2 Å². The lowest BCUT2D eigenvalue weighted by Gasteiger charge is -2.35. The summed E-state index contributed by atoms with van der Waals surface area (Å²) in [6, 6.07) is 7.48. The van der Waals surface area contributed by atoms with Crippen LogP contribution in [0.15, 0.2) is 35.2 Å². The van der Waals surface area contributed by atoms with Crippen LogP contribution < -0.4 is 5.32 Å². The van der Waals surface area contributed by atoms with Crippen LogP contribution in [0.2, 0.25) is 0 Å². The summed E-state index contributed by atoms with van der Waals surface area (Å²) in [5.41, 5.74) is 0. The molecular weight excluding hydrogens is 363 g/mol. The Balaban J connectivity index is 1.94. The molecule has 0 saturated carbocycles. The van der Waals surface area contributed by atoms with Gasteiger partial charge >= 0.3 is 0 Å². The minimum atomic E-state index is -3.55. The van der Waals surface area contributed by atoms with Gasteiger partial charge in [-0.05, 0) is 12.1 Å². The average Bonchev–Trinajstić information content (AvgIpc) is 2.65. The zero-order chi connectivity index (χ0) is 19.0. The van der Waals surface area contributed by atoms with Crippen molar-refractivity contribution in [2.24, 2.45) is 0 Å². The number of amides is 2. The maximum atomic E-state index is 12.5. The van der Waals surface area contributed by atoms with Crippen LogP contribution in [-0.2, 0) is 24.2 Å². The molecule has 2 amide bonds. The van der Waals surface area contributed by atoms with E-state index in [4.69, 9.17) is 4.74 Å². The Morgan fingerprint density at radius 2 is 2.00 bits per heavy atom. The summed E-state index contributed by atoms with van der Waals surface area (Å²) >= 11 is 0. The van der Waals surface area contributed by atoms with Gasteiger partial charge in [0.1, 0.15) is 6.67 Å². The molecule has 144 valence electrons. The summed E-state index contributed by atoms with van der Waals surface area (Å²) in [5.74, 6) is -1.00. The van der Waals surface area contributed by atoms with Gasteiger partial charge in [-0.2, -0.15) is 0 Å². The third kappa shape index (κ3) is 5.77. The molecule has 1 aromatic carbocycles. The summed E-state index contributed by atoms with van der Waals surface area (Å²) in [6.45, 7) is 0.0911. The zero-order valence-electron chi connectivity index (χ0n) is 14.4. The topological polar surface area (TPSA) is 92.8 Å². The fourth-order valence-corrected chi connectivity index (χ4v) is 3.99. The summed E-state index contributed by atoms with van der Waals surface area (Å²) in [5, 5.41) is 2.41. The van der Waals surface area contributed by atoms with Crippen LogP contribution in [0.3, 0.4) is 0 Å². The first-order valence-corrected chi connectivity index (χ1v) is 10.1. The molecule has 1 aromatic rings. The second kappa shape index (κ2) is 9.63. The number of alkyl halides is 1. The van der Waals surface area contributed by atoms with E-state index in [0.29, 0.717) is 13.2 Å². The molecule has 0 spiro atoms. The first kappa shape index (κ1) is 20.3. The van der Waals surface area contributed by atoms with E-state index in [1.807, 2.05) is 0 Å². The lowest BCUT2D eigenvalue weighted by Crippen LogP contribution is -2.50.